The second-order valence-corrected chi connectivity index (χ2v) is 4.03. The lowest BCUT2D eigenvalue weighted by Crippen LogP contribution is -2.37. The molecule has 0 fully saturated rings. The van der Waals surface area contributed by atoms with Crippen molar-refractivity contribution in [3.8, 4) is 0 Å². The largest absolute Gasteiger partial charge is 0.480 e. The van der Waals surface area contributed by atoms with E-state index in [1.165, 1.54) is 0 Å². The monoisotopic (exact) mass is 237 g/mol. The molecule has 0 spiro atoms. The molecular formula is C13H19NO3. The number of hydrogen-bond donors (Lipinski definition) is 1. The van der Waals surface area contributed by atoms with Crippen LogP contribution < -0.4 is 0 Å². The summed E-state index contributed by atoms with van der Waals surface area (Å²) in [4.78, 5) is 12.5. The first-order valence-electron chi connectivity index (χ1n) is 5.66. The highest BCUT2D eigenvalue weighted by Gasteiger charge is 2.15. The molecule has 0 saturated heterocycles. The van der Waals surface area contributed by atoms with Crippen molar-refractivity contribution in [1.82, 2.24) is 4.90 Å². The summed E-state index contributed by atoms with van der Waals surface area (Å²) < 4.78 is 5.49. The van der Waals surface area contributed by atoms with Crippen molar-refractivity contribution in [2.75, 3.05) is 20.2 Å². The third-order valence-electron chi connectivity index (χ3n) is 2.72. The lowest BCUT2D eigenvalue weighted by atomic mass is 10.2. The second-order valence-electron chi connectivity index (χ2n) is 4.03. The molecule has 0 aromatic heterocycles. The number of carboxylic acids is 1. The van der Waals surface area contributed by atoms with Gasteiger partial charge in [0.25, 0.3) is 0 Å². The van der Waals surface area contributed by atoms with Gasteiger partial charge in [0, 0.05) is 6.54 Å². The number of nitrogens with zero attached hydrogens (tertiary/aromatic N) is 1. The van der Waals surface area contributed by atoms with E-state index in [9.17, 15) is 4.79 Å². The number of benzene rings is 1. The minimum Gasteiger partial charge on any atom is -0.480 e. The summed E-state index contributed by atoms with van der Waals surface area (Å²) in [6.07, 6.45) is 0. The summed E-state index contributed by atoms with van der Waals surface area (Å²) >= 11 is 0. The summed E-state index contributed by atoms with van der Waals surface area (Å²) in [7, 11) is 1.78. The summed E-state index contributed by atoms with van der Waals surface area (Å²) in [5.41, 5.74) is 1.13. The Morgan fingerprint density at radius 3 is 2.65 bits per heavy atom. The smallest absolute Gasteiger partial charge is 0.320 e. The Hall–Kier alpha value is -1.39. The molecule has 17 heavy (non-hydrogen) atoms. The average Bonchev–Trinajstić information content (AvgIpc) is 2.34. The van der Waals surface area contributed by atoms with E-state index in [1.54, 1.807) is 18.9 Å². The van der Waals surface area contributed by atoms with E-state index in [0.717, 1.165) is 5.56 Å². The molecule has 0 aliphatic heterocycles. The Labute approximate surface area is 102 Å². The van der Waals surface area contributed by atoms with E-state index in [-0.39, 0.29) is 0 Å². The Kier molecular flexibility index (Phi) is 5.66. The summed E-state index contributed by atoms with van der Waals surface area (Å²) in [5, 5.41) is 8.80. The quantitative estimate of drug-likeness (QED) is 0.732. The van der Waals surface area contributed by atoms with Gasteiger partial charge in [0.05, 0.1) is 13.2 Å². The molecule has 0 saturated carbocycles. The molecule has 1 aromatic rings. The van der Waals surface area contributed by atoms with Gasteiger partial charge in [0.15, 0.2) is 0 Å². The molecule has 0 amide bonds. The SMILES string of the molecule is CC(C(=O)O)N(C)CCOCc1ccccc1. The van der Waals surface area contributed by atoms with Gasteiger partial charge in [-0.2, -0.15) is 0 Å². The zero-order valence-corrected chi connectivity index (χ0v) is 10.3. The third kappa shape index (κ3) is 4.97. The molecule has 1 atom stereocenters. The second kappa shape index (κ2) is 7.04. The average molecular weight is 237 g/mol. The minimum atomic E-state index is -0.810. The van der Waals surface area contributed by atoms with Crippen LogP contribution in [-0.4, -0.2) is 42.2 Å². The van der Waals surface area contributed by atoms with Crippen LogP contribution in [0, 0.1) is 0 Å². The van der Waals surface area contributed by atoms with E-state index in [1.807, 2.05) is 30.3 Å². The van der Waals surface area contributed by atoms with Crippen molar-refractivity contribution in [2.45, 2.75) is 19.6 Å². The summed E-state index contributed by atoms with van der Waals surface area (Å²) in [5.74, 6) is -0.810. The van der Waals surface area contributed by atoms with Crippen LogP contribution in [-0.2, 0) is 16.1 Å². The molecule has 0 heterocycles. The van der Waals surface area contributed by atoms with Gasteiger partial charge >= 0.3 is 5.97 Å². The Balaban J connectivity index is 2.18. The van der Waals surface area contributed by atoms with Gasteiger partial charge in [-0.25, -0.2) is 0 Å². The van der Waals surface area contributed by atoms with Gasteiger partial charge in [-0.3, -0.25) is 9.69 Å². The number of carbonyl (C=O) groups is 1. The number of carboxylic acid groups (broad SMARTS) is 1. The highest BCUT2D eigenvalue weighted by atomic mass is 16.5. The Bertz CT molecular complexity index is 340. The first-order chi connectivity index (χ1) is 8.11. The van der Waals surface area contributed by atoms with Crippen LogP contribution >= 0.6 is 0 Å². The Morgan fingerprint density at radius 1 is 1.41 bits per heavy atom. The first-order valence-corrected chi connectivity index (χ1v) is 5.66. The van der Waals surface area contributed by atoms with E-state index in [0.29, 0.717) is 19.8 Å². The maximum Gasteiger partial charge on any atom is 0.320 e. The topological polar surface area (TPSA) is 49.8 Å². The molecule has 0 aliphatic rings. The van der Waals surface area contributed by atoms with E-state index < -0.39 is 12.0 Å². The standard InChI is InChI=1S/C13H19NO3/c1-11(13(15)16)14(2)8-9-17-10-12-6-4-3-5-7-12/h3-7,11H,8-10H2,1-2H3,(H,15,16). The number of hydrogen-bond acceptors (Lipinski definition) is 3. The predicted molar refractivity (Wildman–Crippen MR) is 65.8 cm³/mol. The lowest BCUT2D eigenvalue weighted by molar-refractivity contribution is -0.142. The van der Waals surface area contributed by atoms with Crippen LogP contribution in [0.5, 0.6) is 0 Å². The van der Waals surface area contributed by atoms with Gasteiger partial charge in [-0.15, -0.1) is 0 Å². The van der Waals surface area contributed by atoms with Crippen LogP contribution in [0.15, 0.2) is 30.3 Å². The van der Waals surface area contributed by atoms with Crippen LogP contribution in [0.3, 0.4) is 0 Å². The van der Waals surface area contributed by atoms with Crippen molar-refractivity contribution in [2.24, 2.45) is 0 Å². The molecule has 1 N–H and O–H groups in total. The lowest BCUT2D eigenvalue weighted by Gasteiger charge is -2.20. The van der Waals surface area contributed by atoms with Gasteiger partial charge in [0.1, 0.15) is 6.04 Å². The Morgan fingerprint density at radius 2 is 2.06 bits per heavy atom. The van der Waals surface area contributed by atoms with E-state index >= 15 is 0 Å². The zero-order chi connectivity index (χ0) is 12.7. The molecule has 1 unspecified atom stereocenters. The molecule has 1 rings (SSSR count). The minimum absolute atomic E-state index is 0.477. The van der Waals surface area contributed by atoms with Crippen molar-refractivity contribution >= 4 is 5.97 Å². The van der Waals surface area contributed by atoms with Crippen LogP contribution in [0.25, 0.3) is 0 Å². The number of rotatable bonds is 7. The summed E-state index contributed by atoms with van der Waals surface area (Å²) in [6, 6.07) is 9.43. The van der Waals surface area contributed by atoms with Crippen molar-refractivity contribution in [3.05, 3.63) is 35.9 Å². The number of likely N-dealkylation sites (N-methyl/N-ethyl adjacent to an activating group) is 1. The fourth-order valence-electron chi connectivity index (χ4n) is 1.35. The van der Waals surface area contributed by atoms with Gasteiger partial charge in [-0.05, 0) is 19.5 Å². The number of ether oxygens (including phenoxy) is 1. The maximum atomic E-state index is 10.7. The van der Waals surface area contributed by atoms with Gasteiger partial charge in [0.2, 0.25) is 0 Å². The fraction of sp³-hybridized carbons (Fsp3) is 0.462. The molecule has 1 aromatic carbocycles. The first kappa shape index (κ1) is 13.7. The predicted octanol–water partition coefficient (Wildman–Crippen LogP) is 1.61. The number of aliphatic carboxylic acids is 1. The highest BCUT2D eigenvalue weighted by Crippen LogP contribution is 2.01. The van der Waals surface area contributed by atoms with Crippen LogP contribution in [0.4, 0.5) is 0 Å². The molecule has 0 radical (unpaired) electrons. The molecule has 94 valence electrons. The fourth-order valence-corrected chi connectivity index (χ4v) is 1.35. The molecule has 4 heteroatoms. The van der Waals surface area contributed by atoms with E-state index in [2.05, 4.69) is 0 Å². The maximum absolute atomic E-state index is 10.7. The molecule has 0 bridgehead atoms. The summed E-state index contributed by atoms with van der Waals surface area (Å²) in [6.45, 7) is 3.37. The van der Waals surface area contributed by atoms with Crippen molar-refractivity contribution < 1.29 is 14.6 Å². The third-order valence-corrected chi connectivity index (χ3v) is 2.72. The van der Waals surface area contributed by atoms with Gasteiger partial charge < -0.3 is 9.84 Å². The van der Waals surface area contributed by atoms with Crippen LogP contribution in [0.1, 0.15) is 12.5 Å². The van der Waals surface area contributed by atoms with Crippen molar-refractivity contribution in [1.29, 1.82) is 0 Å². The van der Waals surface area contributed by atoms with E-state index in [4.69, 9.17) is 9.84 Å². The van der Waals surface area contributed by atoms with Crippen molar-refractivity contribution in [3.63, 3.8) is 0 Å². The van der Waals surface area contributed by atoms with Crippen LogP contribution in [0.2, 0.25) is 0 Å². The normalized spacial score (nSPS) is 12.6. The molecule has 4 nitrogen and oxygen atoms in total. The zero-order valence-electron chi connectivity index (χ0n) is 10.3. The highest BCUT2D eigenvalue weighted by molar-refractivity contribution is 5.72. The molecule has 0 aliphatic carbocycles. The molecular weight excluding hydrogens is 218 g/mol. The van der Waals surface area contributed by atoms with Gasteiger partial charge in [-0.1, -0.05) is 30.3 Å².